The maximum absolute atomic E-state index is 11.5. The van der Waals surface area contributed by atoms with Crippen LogP contribution in [0.3, 0.4) is 0 Å². The summed E-state index contributed by atoms with van der Waals surface area (Å²) in [5.41, 5.74) is 0.482. The number of nitrogens with one attached hydrogen (secondary N) is 1. The molecule has 0 bridgehead atoms. The second-order valence-corrected chi connectivity index (χ2v) is 6.99. The average Bonchev–Trinajstić information content (AvgIpc) is 2.99. The molecule has 1 aromatic carbocycles. The number of hydrogen-bond donors (Lipinski definition) is 1. The van der Waals surface area contributed by atoms with Gasteiger partial charge in [-0.05, 0) is 19.1 Å². The van der Waals surface area contributed by atoms with Gasteiger partial charge in [-0.15, -0.1) is 0 Å². The lowest BCUT2D eigenvalue weighted by Crippen LogP contribution is -2.35. The van der Waals surface area contributed by atoms with Crippen LogP contribution in [0.1, 0.15) is 6.92 Å². The SMILES string of the molecule is CCOC(=O)CNCCN(c1nc2c(Cl)c(OC)ccc2s1)S(=O)[O-]. The van der Waals surface area contributed by atoms with E-state index in [2.05, 4.69) is 10.3 Å². The number of fused-ring (bicyclic) bond motifs is 1. The molecule has 0 aliphatic carbocycles. The summed E-state index contributed by atoms with van der Waals surface area (Å²) >= 11 is 4.90. The van der Waals surface area contributed by atoms with E-state index in [0.717, 1.165) is 9.01 Å². The maximum Gasteiger partial charge on any atom is 0.319 e. The molecule has 0 spiro atoms. The van der Waals surface area contributed by atoms with E-state index in [4.69, 9.17) is 21.1 Å². The van der Waals surface area contributed by atoms with Crippen molar-refractivity contribution in [3.8, 4) is 5.75 Å². The molecule has 0 fully saturated rings. The van der Waals surface area contributed by atoms with Gasteiger partial charge in [-0.3, -0.25) is 13.3 Å². The van der Waals surface area contributed by atoms with Crippen LogP contribution in [-0.4, -0.2) is 53.1 Å². The van der Waals surface area contributed by atoms with E-state index in [-0.39, 0.29) is 24.8 Å². The Morgan fingerprint density at radius 2 is 2.28 bits per heavy atom. The highest BCUT2D eigenvalue weighted by Crippen LogP contribution is 2.37. The number of carbonyl (C=O) groups excluding carboxylic acids is 1. The Hall–Kier alpha value is -1.46. The van der Waals surface area contributed by atoms with Gasteiger partial charge in [0.25, 0.3) is 0 Å². The van der Waals surface area contributed by atoms with E-state index < -0.39 is 17.2 Å². The second-order valence-electron chi connectivity index (χ2n) is 4.73. The van der Waals surface area contributed by atoms with E-state index in [9.17, 15) is 13.6 Å². The first-order valence-corrected chi connectivity index (χ1v) is 9.56. The van der Waals surface area contributed by atoms with Crippen molar-refractivity contribution in [2.45, 2.75) is 6.92 Å². The fourth-order valence-corrected chi connectivity index (χ4v) is 3.96. The number of anilines is 1. The summed E-state index contributed by atoms with van der Waals surface area (Å²) in [5, 5.41) is 3.45. The highest BCUT2D eigenvalue weighted by molar-refractivity contribution is 7.81. The quantitative estimate of drug-likeness (QED) is 0.384. The largest absolute Gasteiger partial charge is 0.755 e. The number of ether oxygens (including phenoxy) is 2. The van der Waals surface area contributed by atoms with Gasteiger partial charge >= 0.3 is 5.97 Å². The van der Waals surface area contributed by atoms with E-state index in [1.807, 2.05) is 0 Å². The molecule has 2 rings (SSSR count). The number of aromatic nitrogens is 1. The van der Waals surface area contributed by atoms with Crippen molar-refractivity contribution in [2.24, 2.45) is 0 Å². The average molecular weight is 407 g/mol. The lowest BCUT2D eigenvalue weighted by atomic mass is 10.3. The van der Waals surface area contributed by atoms with Gasteiger partial charge in [0.15, 0.2) is 5.13 Å². The third kappa shape index (κ3) is 5.02. The Balaban J connectivity index is 2.09. The number of halogens is 1. The first-order chi connectivity index (χ1) is 12.0. The summed E-state index contributed by atoms with van der Waals surface area (Å²) in [4.78, 5) is 15.6. The zero-order chi connectivity index (χ0) is 18.4. The normalized spacial score (nSPS) is 12.2. The number of esters is 1. The minimum Gasteiger partial charge on any atom is -0.755 e. The molecule has 11 heteroatoms. The number of hydrogen-bond acceptors (Lipinski definition) is 8. The molecule has 1 N–H and O–H groups in total. The number of methoxy groups -OCH3 is 1. The van der Waals surface area contributed by atoms with Crippen LogP contribution in [0, 0.1) is 0 Å². The van der Waals surface area contributed by atoms with Crippen LogP contribution in [0.15, 0.2) is 12.1 Å². The summed E-state index contributed by atoms with van der Waals surface area (Å²) < 4.78 is 34.8. The summed E-state index contributed by atoms with van der Waals surface area (Å²) in [5.74, 6) is 0.0769. The first-order valence-electron chi connectivity index (χ1n) is 7.34. The number of rotatable bonds is 9. The van der Waals surface area contributed by atoms with Gasteiger partial charge in [-0.2, -0.15) is 0 Å². The van der Waals surface area contributed by atoms with Crippen molar-refractivity contribution in [3.63, 3.8) is 0 Å². The zero-order valence-electron chi connectivity index (χ0n) is 13.6. The molecular formula is C14H17ClN3O5S2-. The van der Waals surface area contributed by atoms with E-state index in [1.54, 1.807) is 19.1 Å². The minimum absolute atomic E-state index is 0.00996. The summed E-state index contributed by atoms with van der Waals surface area (Å²) in [6.45, 7) is 2.40. The second kappa shape index (κ2) is 9.30. The van der Waals surface area contributed by atoms with Crippen molar-refractivity contribution in [1.82, 2.24) is 10.3 Å². The molecule has 1 heterocycles. The van der Waals surface area contributed by atoms with Crippen molar-refractivity contribution >= 4 is 55.5 Å². The monoisotopic (exact) mass is 406 g/mol. The van der Waals surface area contributed by atoms with E-state index in [0.29, 0.717) is 22.9 Å². The molecule has 1 atom stereocenters. The van der Waals surface area contributed by atoms with Gasteiger partial charge in [0.2, 0.25) is 0 Å². The van der Waals surface area contributed by atoms with Crippen LogP contribution >= 0.6 is 22.9 Å². The van der Waals surface area contributed by atoms with Gasteiger partial charge in [-0.25, -0.2) is 4.98 Å². The lowest BCUT2D eigenvalue weighted by molar-refractivity contribution is -0.141. The number of nitrogens with zero attached hydrogens (tertiary/aromatic N) is 2. The molecule has 138 valence electrons. The lowest BCUT2D eigenvalue weighted by Gasteiger charge is -2.23. The van der Waals surface area contributed by atoms with Crippen LogP contribution < -0.4 is 14.4 Å². The first kappa shape index (κ1) is 19.9. The number of carbonyl (C=O) groups is 1. The summed E-state index contributed by atoms with van der Waals surface area (Å²) in [6.07, 6.45) is 0. The Bertz CT molecular complexity index is 770. The Morgan fingerprint density at radius 3 is 2.92 bits per heavy atom. The third-order valence-electron chi connectivity index (χ3n) is 3.13. The molecule has 0 amide bonds. The molecule has 1 aromatic heterocycles. The Morgan fingerprint density at radius 1 is 1.52 bits per heavy atom. The molecule has 0 aliphatic rings. The van der Waals surface area contributed by atoms with Crippen LogP contribution in [0.5, 0.6) is 5.75 Å². The summed E-state index contributed by atoms with van der Waals surface area (Å²) in [6, 6.07) is 3.47. The predicted molar refractivity (Wildman–Crippen MR) is 97.0 cm³/mol. The zero-order valence-corrected chi connectivity index (χ0v) is 16.0. The molecule has 0 aliphatic heterocycles. The molecule has 2 aromatic rings. The molecule has 1 unspecified atom stereocenters. The van der Waals surface area contributed by atoms with E-state index >= 15 is 0 Å². The van der Waals surface area contributed by atoms with Gasteiger partial charge < -0.3 is 19.3 Å². The summed E-state index contributed by atoms with van der Waals surface area (Å²) in [7, 11) is 1.49. The standard InChI is InChI=1S/C14H18ClN3O5S2/c1-3-23-11(19)8-16-6-7-18(25(20)21)14-17-13-10(24-14)5-4-9(22-2)12(13)15/h4-5,16H,3,6-8H2,1-2H3,(H,20,21)/p-1. The van der Waals surface area contributed by atoms with Crippen molar-refractivity contribution < 1.29 is 23.0 Å². The smallest absolute Gasteiger partial charge is 0.319 e. The van der Waals surface area contributed by atoms with Gasteiger partial charge in [0.1, 0.15) is 16.3 Å². The van der Waals surface area contributed by atoms with Crippen molar-refractivity contribution in [2.75, 3.05) is 37.7 Å². The molecule has 8 nitrogen and oxygen atoms in total. The van der Waals surface area contributed by atoms with E-state index in [1.165, 1.54) is 18.4 Å². The minimum atomic E-state index is -2.51. The van der Waals surface area contributed by atoms with Crippen LogP contribution in [0.2, 0.25) is 5.02 Å². The van der Waals surface area contributed by atoms with Crippen LogP contribution in [0.25, 0.3) is 10.2 Å². The van der Waals surface area contributed by atoms with Crippen molar-refractivity contribution in [3.05, 3.63) is 17.2 Å². The Labute approximate surface area is 156 Å². The molecule has 0 saturated heterocycles. The van der Waals surface area contributed by atoms with Gasteiger partial charge in [0.05, 0.1) is 25.0 Å². The van der Waals surface area contributed by atoms with Crippen LogP contribution in [0.4, 0.5) is 5.13 Å². The topological polar surface area (TPSA) is 104 Å². The van der Waals surface area contributed by atoms with Crippen LogP contribution in [-0.2, 0) is 20.8 Å². The van der Waals surface area contributed by atoms with Gasteiger partial charge in [-0.1, -0.05) is 22.9 Å². The number of benzene rings is 1. The molecule has 0 radical (unpaired) electrons. The highest BCUT2D eigenvalue weighted by Gasteiger charge is 2.16. The fraction of sp³-hybridized carbons (Fsp3) is 0.429. The maximum atomic E-state index is 11.5. The molecule has 0 saturated carbocycles. The number of thiazole rings is 1. The third-order valence-corrected chi connectivity index (χ3v) is 5.37. The van der Waals surface area contributed by atoms with Crippen molar-refractivity contribution in [1.29, 1.82) is 0 Å². The highest BCUT2D eigenvalue weighted by atomic mass is 35.5. The molecule has 25 heavy (non-hydrogen) atoms. The fourth-order valence-electron chi connectivity index (χ4n) is 2.01. The van der Waals surface area contributed by atoms with Gasteiger partial charge in [0, 0.05) is 24.4 Å². The Kier molecular flexibility index (Phi) is 7.38. The molecular weight excluding hydrogens is 390 g/mol. The predicted octanol–water partition coefficient (Wildman–Crippen LogP) is 1.71.